The predicted octanol–water partition coefficient (Wildman–Crippen LogP) is 2.97. The van der Waals surface area contributed by atoms with Crippen LogP contribution in [0.3, 0.4) is 0 Å². The van der Waals surface area contributed by atoms with Gasteiger partial charge in [-0.25, -0.2) is 9.37 Å². The molecule has 2 rings (SSSR count). The third kappa shape index (κ3) is 3.22. The summed E-state index contributed by atoms with van der Waals surface area (Å²) in [5.74, 6) is 0.496. The van der Waals surface area contributed by atoms with Gasteiger partial charge in [0.25, 0.3) is 0 Å². The van der Waals surface area contributed by atoms with Gasteiger partial charge >= 0.3 is 0 Å². The molecule has 0 amide bonds. The topological polar surface area (TPSA) is 42.1 Å². The minimum absolute atomic E-state index is 0.220. The molecule has 0 radical (unpaired) electrons. The summed E-state index contributed by atoms with van der Waals surface area (Å²) >= 11 is 5.97. The van der Waals surface area contributed by atoms with E-state index in [-0.39, 0.29) is 12.4 Å². The molecule has 0 fully saturated rings. The van der Waals surface area contributed by atoms with E-state index in [1.807, 2.05) is 18.0 Å². The zero-order chi connectivity index (χ0) is 13.8. The van der Waals surface area contributed by atoms with Crippen molar-refractivity contribution in [3.8, 4) is 0 Å². The van der Waals surface area contributed by atoms with E-state index < -0.39 is 0 Å². The molecule has 2 N–H and O–H groups in total. The van der Waals surface area contributed by atoms with Gasteiger partial charge in [-0.05, 0) is 18.2 Å². The van der Waals surface area contributed by atoms with Crippen LogP contribution in [0.15, 0.2) is 36.4 Å². The summed E-state index contributed by atoms with van der Waals surface area (Å²) in [6.07, 6.45) is 0. The smallest absolute Gasteiger partial charge is 0.129 e. The van der Waals surface area contributed by atoms with Gasteiger partial charge in [0.05, 0.1) is 10.7 Å². The zero-order valence-electron chi connectivity index (χ0n) is 10.6. The van der Waals surface area contributed by atoms with Crippen LogP contribution in [0.5, 0.6) is 0 Å². The van der Waals surface area contributed by atoms with Crippen molar-refractivity contribution in [3.05, 3.63) is 58.5 Å². The van der Waals surface area contributed by atoms with Crippen LogP contribution in [0.4, 0.5) is 10.2 Å². The van der Waals surface area contributed by atoms with E-state index in [9.17, 15) is 4.39 Å². The van der Waals surface area contributed by atoms with Crippen LogP contribution in [0, 0.1) is 5.82 Å². The average Bonchev–Trinajstić information content (AvgIpc) is 2.42. The van der Waals surface area contributed by atoms with E-state index in [0.717, 1.165) is 0 Å². The van der Waals surface area contributed by atoms with Gasteiger partial charge < -0.3 is 10.6 Å². The molecule has 100 valence electrons. The zero-order valence-corrected chi connectivity index (χ0v) is 11.4. The molecule has 0 aliphatic rings. The number of nitrogens with two attached hydrogens (primary N) is 1. The first kappa shape index (κ1) is 13.8. The maximum absolute atomic E-state index is 13.6. The van der Waals surface area contributed by atoms with Gasteiger partial charge in [0, 0.05) is 25.7 Å². The lowest BCUT2D eigenvalue weighted by Crippen LogP contribution is -2.19. The highest BCUT2D eigenvalue weighted by molar-refractivity contribution is 6.31. The van der Waals surface area contributed by atoms with Crippen molar-refractivity contribution < 1.29 is 4.39 Å². The summed E-state index contributed by atoms with van der Waals surface area (Å²) in [4.78, 5) is 6.22. The number of aromatic nitrogens is 1. The van der Waals surface area contributed by atoms with Crippen LogP contribution in [0.1, 0.15) is 11.3 Å². The molecule has 0 saturated carbocycles. The lowest BCUT2D eigenvalue weighted by Gasteiger charge is -2.19. The Kier molecular flexibility index (Phi) is 4.35. The quantitative estimate of drug-likeness (QED) is 0.936. The Morgan fingerprint density at radius 2 is 2.00 bits per heavy atom. The van der Waals surface area contributed by atoms with Crippen LogP contribution in [0.2, 0.25) is 5.02 Å². The van der Waals surface area contributed by atoms with E-state index in [4.69, 9.17) is 17.3 Å². The van der Waals surface area contributed by atoms with Crippen molar-refractivity contribution in [2.75, 3.05) is 11.9 Å². The van der Waals surface area contributed by atoms with Crippen molar-refractivity contribution in [1.29, 1.82) is 0 Å². The van der Waals surface area contributed by atoms with E-state index in [1.165, 1.54) is 6.07 Å². The molecule has 1 aromatic carbocycles. The van der Waals surface area contributed by atoms with Gasteiger partial charge in [-0.1, -0.05) is 29.8 Å². The number of benzene rings is 1. The van der Waals surface area contributed by atoms with Crippen molar-refractivity contribution in [2.24, 2.45) is 5.73 Å². The van der Waals surface area contributed by atoms with E-state index >= 15 is 0 Å². The number of anilines is 1. The molecule has 19 heavy (non-hydrogen) atoms. The first-order valence-corrected chi connectivity index (χ1v) is 6.29. The number of halogens is 2. The Morgan fingerprint density at radius 3 is 2.68 bits per heavy atom. The highest BCUT2D eigenvalue weighted by atomic mass is 35.5. The highest BCUT2D eigenvalue weighted by Crippen LogP contribution is 2.20. The number of rotatable bonds is 4. The number of pyridine rings is 1. The minimum Gasteiger partial charge on any atom is -0.355 e. The molecular weight excluding hydrogens is 265 g/mol. The van der Waals surface area contributed by atoms with Crippen molar-refractivity contribution in [1.82, 2.24) is 4.98 Å². The Morgan fingerprint density at radius 1 is 1.26 bits per heavy atom. The van der Waals surface area contributed by atoms with E-state index in [0.29, 0.717) is 28.6 Å². The molecule has 0 saturated heterocycles. The van der Waals surface area contributed by atoms with E-state index in [1.54, 1.807) is 24.3 Å². The van der Waals surface area contributed by atoms with Crippen LogP contribution in [-0.4, -0.2) is 12.0 Å². The largest absolute Gasteiger partial charge is 0.355 e. The summed E-state index contributed by atoms with van der Waals surface area (Å²) in [5, 5.41) is 0.547. The summed E-state index contributed by atoms with van der Waals surface area (Å²) in [7, 11) is 1.85. The second kappa shape index (κ2) is 5.99. The van der Waals surface area contributed by atoms with E-state index in [2.05, 4.69) is 4.98 Å². The summed E-state index contributed by atoms with van der Waals surface area (Å²) in [5.41, 5.74) is 6.83. The van der Waals surface area contributed by atoms with Crippen LogP contribution in [0.25, 0.3) is 0 Å². The van der Waals surface area contributed by atoms with Gasteiger partial charge in [0.2, 0.25) is 0 Å². The average molecular weight is 280 g/mol. The number of hydrogen-bond donors (Lipinski definition) is 1. The normalized spacial score (nSPS) is 10.5. The van der Waals surface area contributed by atoms with Gasteiger partial charge in [-0.15, -0.1) is 0 Å². The Balaban J connectivity index is 2.20. The molecule has 0 aliphatic carbocycles. The van der Waals surface area contributed by atoms with Crippen molar-refractivity contribution >= 4 is 17.4 Å². The van der Waals surface area contributed by atoms with Gasteiger partial charge in [-0.3, -0.25) is 0 Å². The molecular formula is C14H15ClFN3. The maximum Gasteiger partial charge on any atom is 0.129 e. The third-order valence-corrected chi connectivity index (χ3v) is 3.20. The second-order valence-corrected chi connectivity index (χ2v) is 4.66. The molecule has 0 bridgehead atoms. The maximum atomic E-state index is 13.6. The van der Waals surface area contributed by atoms with Gasteiger partial charge in [-0.2, -0.15) is 0 Å². The summed E-state index contributed by atoms with van der Waals surface area (Å²) < 4.78 is 13.6. The Labute approximate surface area is 116 Å². The van der Waals surface area contributed by atoms with Crippen molar-refractivity contribution in [3.63, 3.8) is 0 Å². The molecule has 0 unspecified atom stereocenters. The number of nitrogens with zero attached hydrogens (tertiary/aromatic N) is 2. The van der Waals surface area contributed by atoms with Crippen LogP contribution in [-0.2, 0) is 13.1 Å². The SMILES string of the molecule is CN(Cc1ccccc1F)c1ccc(Cl)c(CN)n1. The molecule has 0 atom stereocenters. The molecule has 1 heterocycles. The molecule has 0 aliphatic heterocycles. The first-order chi connectivity index (χ1) is 9.11. The molecule has 5 heteroatoms. The minimum atomic E-state index is -0.220. The monoisotopic (exact) mass is 279 g/mol. The summed E-state index contributed by atoms with van der Waals surface area (Å²) in [6.45, 7) is 0.714. The lowest BCUT2D eigenvalue weighted by molar-refractivity contribution is 0.607. The molecule has 2 aromatic rings. The van der Waals surface area contributed by atoms with Crippen molar-refractivity contribution in [2.45, 2.75) is 13.1 Å². The fourth-order valence-corrected chi connectivity index (χ4v) is 1.97. The predicted molar refractivity (Wildman–Crippen MR) is 75.6 cm³/mol. The Hall–Kier alpha value is -1.65. The number of hydrogen-bond acceptors (Lipinski definition) is 3. The van der Waals surface area contributed by atoms with Crippen LogP contribution >= 0.6 is 11.6 Å². The molecule has 1 aromatic heterocycles. The fraction of sp³-hybridized carbons (Fsp3) is 0.214. The van der Waals surface area contributed by atoms with Crippen LogP contribution < -0.4 is 10.6 Å². The highest BCUT2D eigenvalue weighted by Gasteiger charge is 2.09. The molecule has 0 spiro atoms. The standard InChI is InChI=1S/C14H15ClFN3/c1-19(9-10-4-2-3-5-12(10)16)14-7-6-11(15)13(8-17)18-14/h2-7H,8-9,17H2,1H3. The molecule has 3 nitrogen and oxygen atoms in total. The third-order valence-electron chi connectivity index (χ3n) is 2.85. The fourth-order valence-electron chi connectivity index (χ4n) is 1.79. The summed E-state index contributed by atoms with van der Waals surface area (Å²) in [6, 6.07) is 10.2. The second-order valence-electron chi connectivity index (χ2n) is 4.25. The lowest BCUT2D eigenvalue weighted by atomic mass is 10.2. The Bertz CT molecular complexity index is 574. The van der Waals surface area contributed by atoms with Gasteiger partial charge in [0.1, 0.15) is 11.6 Å². The van der Waals surface area contributed by atoms with Gasteiger partial charge in [0.15, 0.2) is 0 Å². The first-order valence-electron chi connectivity index (χ1n) is 5.92.